The maximum atomic E-state index is 12.7. The molecule has 4 heteroatoms. The van der Waals surface area contributed by atoms with Gasteiger partial charge in [-0.25, -0.2) is 0 Å². The molecule has 112 valence electrons. The summed E-state index contributed by atoms with van der Waals surface area (Å²) in [5.41, 5.74) is 1.08. The first-order valence-electron chi connectivity index (χ1n) is 6.92. The zero-order chi connectivity index (χ0) is 15.3. The molecule has 4 nitrogen and oxygen atoms in total. The fourth-order valence-corrected chi connectivity index (χ4v) is 2.28. The molecule has 0 amide bonds. The summed E-state index contributed by atoms with van der Waals surface area (Å²) in [5, 5.41) is 0. The lowest BCUT2D eigenvalue weighted by atomic mass is 9.93. The zero-order valence-electron chi connectivity index (χ0n) is 12.6. The molecule has 1 aromatic carbocycles. The second-order valence-electron chi connectivity index (χ2n) is 4.68. The second kappa shape index (κ2) is 6.70. The molecule has 0 aromatic heterocycles. The number of allylic oxidation sites excluding steroid dienone is 1. The van der Waals surface area contributed by atoms with Crippen molar-refractivity contribution < 1.29 is 19.0 Å². The highest BCUT2D eigenvalue weighted by atomic mass is 16.7. The van der Waals surface area contributed by atoms with Crippen molar-refractivity contribution in [3.8, 4) is 0 Å². The van der Waals surface area contributed by atoms with Crippen molar-refractivity contribution in [2.45, 2.75) is 19.1 Å². The van der Waals surface area contributed by atoms with Gasteiger partial charge in [-0.2, -0.15) is 0 Å². The molecule has 0 atom stereocenters. The summed E-state index contributed by atoms with van der Waals surface area (Å²) < 4.78 is 16.4. The Morgan fingerprint density at radius 2 is 1.86 bits per heavy atom. The highest BCUT2D eigenvalue weighted by Gasteiger charge is 2.34. The molecule has 2 rings (SSSR count). The molecule has 0 heterocycles. The Morgan fingerprint density at radius 3 is 2.43 bits per heavy atom. The lowest BCUT2D eigenvalue weighted by Crippen LogP contribution is -2.34. The maximum absolute atomic E-state index is 12.7. The molecule has 0 radical (unpaired) electrons. The summed E-state index contributed by atoms with van der Waals surface area (Å²) >= 11 is 0. The molecule has 0 saturated carbocycles. The van der Waals surface area contributed by atoms with Gasteiger partial charge in [0.25, 0.3) is 0 Å². The van der Waals surface area contributed by atoms with Crippen LogP contribution in [0.25, 0.3) is 0 Å². The molecule has 1 aliphatic carbocycles. The molecule has 1 aliphatic rings. The Hall–Kier alpha value is -1.91. The van der Waals surface area contributed by atoms with E-state index < -0.39 is 5.79 Å². The molecule has 0 saturated heterocycles. The van der Waals surface area contributed by atoms with Crippen LogP contribution in [0.3, 0.4) is 0 Å². The molecule has 21 heavy (non-hydrogen) atoms. The number of rotatable bonds is 6. The van der Waals surface area contributed by atoms with Gasteiger partial charge in [-0.15, -0.1) is 0 Å². The minimum atomic E-state index is -0.916. The van der Waals surface area contributed by atoms with Gasteiger partial charge in [0.1, 0.15) is 5.76 Å². The summed E-state index contributed by atoms with van der Waals surface area (Å²) in [6.07, 6.45) is 4.04. The number of carbonyl (C=O) groups excluding carboxylic acids is 1. The summed E-state index contributed by atoms with van der Waals surface area (Å²) in [5.74, 6) is -0.440. The van der Waals surface area contributed by atoms with Crippen LogP contribution >= 0.6 is 0 Å². The van der Waals surface area contributed by atoms with E-state index in [1.54, 1.807) is 32.4 Å². The van der Waals surface area contributed by atoms with E-state index in [1.807, 2.05) is 31.2 Å². The summed E-state index contributed by atoms with van der Waals surface area (Å²) in [7, 11) is 3.12. The van der Waals surface area contributed by atoms with Gasteiger partial charge >= 0.3 is 0 Å². The minimum Gasteiger partial charge on any atom is -0.493 e. The predicted octanol–water partition coefficient (Wildman–Crippen LogP) is 3.11. The van der Waals surface area contributed by atoms with Crippen LogP contribution in [0, 0.1) is 0 Å². The van der Waals surface area contributed by atoms with Crippen LogP contribution in [-0.4, -0.2) is 32.4 Å². The first-order valence-corrected chi connectivity index (χ1v) is 6.92. The molecule has 1 aromatic rings. The third kappa shape index (κ3) is 3.23. The summed E-state index contributed by atoms with van der Waals surface area (Å²) in [4.78, 5) is 12.7. The average Bonchev–Trinajstić information content (AvgIpc) is 2.56. The Bertz CT molecular complexity index is 553. The van der Waals surface area contributed by atoms with Crippen molar-refractivity contribution in [3.05, 3.63) is 59.4 Å². The van der Waals surface area contributed by atoms with Crippen molar-refractivity contribution in [1.29, 1.82) is 0 Å². The monoisotopic (exact) mass is 288 g/mol. The summed E-state index contributed by atoms with van der Waals surface area (Å²) in [6, 6.07) is 9.10. The number of ketones is 1. The van der Waals surface area contributed by atoms with E-state index in [0.29, 0.717) is 29.9 Å². The minimum absolute atomic E-state index is 0.103. The molecule has 0 aliphatic heterocycles. The lowest BCUT2D eigenvalue weighted by Gasteiger charge is -2.31. The molecular formula is C17H20O4. The van der Waals surface area contributed by atoms with E-state index in [4.69, 9.17) is 14.2 Å². The van der Waals surface area contributed by atoms with Gasteiger partial charge in [-0.05, 0) is 19.1 Å². The van der Waals surface area contributed by atoms with Crippen molar-refractivity contribution >= 4 is 5.78 Å². The first-order chi connectivity index (χ1) is 10.2. The Kier molecular flexibility index (Phi) is 4.94. The SMILES string of the molecule is CCOC1=CCC(OC)(OC)C=C1C(=O)c1ccccc1. The van der Waals surface area contributed by atoms with Gasteiger partial charge in [0, 0.05) is 26.2 Å². The number of hydrogen-bond donors (Lipinski definition) is 0. The second-order valence-corrected chi connectivity index (χ2v) is 4.68. The fourth-order valence-electron chi connectivity index (χ4n) is 2.28. The number of Topliss-reactive ketones (excluding diaryl/α,β-unsaturated/α-hetero) is 1. The number of ether oxygens (including phenoxy) is 3. The van der Waals surface area contributed by atoms with Gasteiger partial charge in [-0.3, -0.25) is 4.79 Å². The van der Waals surface area contributed by atoms with Crippen molar-refractivity contribution in [2.24, 2.45) is 0 Å². The molecule has 0 N–H and O–H groups in total. The Balaban J connectivity index is 2.40. The molecule has 0 fully saturated rings. The van der Waals surface area contributed by atoms with E-state index in [1.165, 1.54) is 0 Å². The van der Waals surface area contributed by atoms with Crippen LogP contribution < -0.4 is 0 Å². The Morgan fingerprint density at radius 1 is 1.19 bits per heavy atom. The van der Waals surface area contributed by atoms with Crippen molar-refractivity contribution in [2.75, 3.05) is 20.8 Å². The van der Waals surface area contributed by atoms with E-state index in [2.05, 4.69) is 0 Å². The quantitative estimate of drug-likeness (QED) is 0.596. The number of hydrogen-bond acceptors (Lipinski definition) is 4. The van der Waals surface area contributed by atoms with Crippen LogP contribution in [0.5, 0.6) is 0 Å². The zero-order valence-corrected chi connectivity index (χ0v) is 12.6. The van der Waals surface area contributed by atoms with Gasteiger partial charge < -0.3 is 14.2 Å². The highest BCUT2D eigenvalue weighted by molar-refractivity contribution is 6.11. The molecule has 0 unspecified atom stereocenters. The van der Waals surface area contributed by atoms with Crippen LogP contribution in [0.15, 0.2) is 53.8 Å². The average molecular weight is 288 g/mol. The lowest BCUT2D eigenvalue weighted by molar-refractivity contribution is -0.168. The van der Waals surface area contributed by atoms with Gasteiger partial charge in [0.05, 0.1) is 12.2 Å². The fraction of sp³-hybridized carbons (Fsp3) is 0.353. The number of methoxy groups -OCH3 is 2. The summed E-state index contributed by atoms with van der Waals surface area (Å²) in [6.45, 7) is 2.39. The molecule has 0 bridgehead atoms. The van der Waals surface area contributed by atoms with Crippen LogP contribution in [0.1, 0.15) is 23.7 Å². The van der Waals surface area contributed by atoms with Gasteiger partial charge in [0.2, 0.25) is 0 Å². The van der Waals surface area contributed by atoms with Gasteiger partial charge in [0.15, 0.2) is 11.6 Å². The standard InChI is InChI=1S/C17H20O4/c1-4-21-15-10-11-17(19-2,20-3)12-14(15)16(18)13-8-6-5-7-9-13/h5-10,12H,4,11H2,1-3H3. The van der Waals surface area contributed by atoms with Crippen molar-refractivity contribution in [3.63, 3.8) is 0 Å². The Labute approximate surface area is 125 Å². The smallest absolute Gasteiger partial charge is 0.196 e. The molecular weight excluding hydrogens is 268 g/mol. The van der Waals surface area contributed by atoms with E-state index in [9.17, 15) is 4.79 Å². The van der Waals surface area contributed by atoms with E-state index in [-0.39, 0.29) is 5.78 Å². The third-order valence-electron chi connectivity index (χ3n) is 3.47. The number of carbonyl (C=O) groups is 1. The van der Waals surface area contributed by atoms with Crippen molar-refractivity contribution in [1.82, 2.24) is 0 Å². The van der Waals surface area contributed by atoms with E-state index in [0.717, 1.165) is 0 Å². The largest absolute Gasteiger partial charge is 0.493 e. The first kappa shape index (κ1) is 15.5. The maximum Gasteiger partial charge on any atom is 0.196 e. The normalized spacial score (nSPS) is 16.9. The predicted molar refractivity (Wildman–Crippen MR) is 79.9 cm³/mol. The van der Waals surface area contributed by atoms with E-state index >= 15 is 0 Å². The van der Waals surface area contributed by atoms with Crippen LogP contribution in [-0.2, 0) is 14.2 Å². The van der Waals surface area contributed by atoms with Gasteiger partial charge in [-0.1, -0.05) is 30.3 Å². The van der Waals surface area contributed by atoms with Crippen LogP contribution in [0.2, 0.25) is 0 Å². The number of benzene rings is 1. The highest BCUT2D eigenvalue weighted by Crippen LogP contribution is 2.32. The van der Waals surface area contributed by atoms with Crippen LogP contribution in [0.4, 0.5) is 0 Å². The molecule has 0 spiro atoms. The third-order valence-corrected chi connectivity index (χ3v) is 3.47. The topological polar surface area (TPSA) is 44.8 Å².